The Kier molecular flexibility index (Phi) is 6.30. The van der Waals surface area contributed by atoms with Crippen LogP contribution in [0.5, 0.6) is 0 Å². The maximum atomic E-state index is 11.5. The lowest BCUT2D eigenvalue weighted by Crippen LogP contribution is -2.53. The average molecular weight is 317 g/mol. The quantitative estimate of drug-likeness (QED) is 0.754. The zero-order valence-electron chi connectivity index (χ0n) is 12.2. The van der Waals surface area contributed by atoms with Crippen molar-refractivity contribution in [3.63, 3.8) is 0 Å². The number of nitrogens with zero attached hydrogens (tertiary/aromatic N) is 1. The minimum atomic E-state index is -0.937. The maximum absolute atomic E-state index is 11.5. The third kappa shape index (κ3) is 5.31. The Morgan fingerprint density at radius 1 is 1.50 bits per heavy atom. The molecule has 0 fully saturated rings. The smallest absolute Gasteiger partial charge is 0.323 e. The number of aliphatic carboxylic acids is 1. The highest BCUT2D eigenvalue weighted by Crippen LogP contribution is 2.28. The highest BCUT2D eigenvalue weighted by Gasteiger charge is 2.35. The second-order valence-electron chi connectivity index (χ2n) is 5.38. The van der Waals surface area contributed by atoms with Gasteiger partial charge in [0.1, 0.15) is 5.54 Å². The van der Waals surface area contributed by atoms with Gasteiger partial charge in [-0.3, -0.25) is 10.1 Å². The summed E-state index contributed by atoms with van der Waals surface area (Å²) < 4.78 is 0. The van der Waals surface area contributed by atoms with Crippen LogP contribution in [0.15, 0.2) is 23.4 Å². The van der Waals surface area contributed by atoms with Gasteiger partial charge in [-0.1, -0.05) is 18.5 Å². The second-order valence-corrected chi connectivity index (χ2v) is 7.28. The van der Waals surface area contributed by atoms with Crippen molar-refractivity contribution in [2.24, 2.45) is 0 Å². The number of carbonyl (C=O) groups is 1. The van der Waals surface area contributed by atoms with Crippen molar-refractivity contribution in [2.75, 3.05) is 0 Å². The van der Waals surface area contributed by atoms with Crippen LogP contribution in [0.2, 0.25) is 5.02 Å². The van der Waals surface area contributed by atoms with E-state index in [1.54, 1.807) is 30.9 Å². The fraction of sp³-hybridized carbons (Fsp3) is 0.571. The third-order valence-electron chi connectivity index (χ3n) is 2.80. The monoisotopic (exact) mass is 316 g/mol. The Balaban J connectivity index is 2.69. The molecule has 0 aliphatic carbocycles. The van der Waals surface area contributed by atoms with E-state index in [1.165, 1.54) is 0 Å². The van der Waals surface area contributed by atoms with Gasteiger partial charge in [0.15, 0.2) is 0 Å². The van der Waals surface area contributed by atoms with Gasteiger partial charge in [-0.2, -0.15) is 0 Å². The van der Waals surface area contributed by atoms with Crippen LogP contribution in [0.3, 0.4) is 0 Å². The molecule has 0 amide bonds. The van der Waals surface area contributed by atoms with Crippen LogP contribution in [-0.2, 0) is 4.79 Å². The summed E-state index contributed by atoms with van der Waals surface area (Å²) in [6.07, 6.45) is 2.11. The SMILES string of the molecule is CC(C)NC(C)(CC(C)Sc1ccc(Cl)cn1)C(=O)O. The van der Waals surface area contributed by atoms with Gasteiger partial charge in [0.2, 0.25) is 0 Å². The second kappa shape index (κ2) is 7.29. The lowest BCUT2D eigenvalue weighted by atomic mass is 9.95. The first-order valence-corrected chi connectivity index (χ1v) is 7.78. The fourth-order valence-corrected chi connectivity index (χ4v) is 3.30. The molecule has 112 valence electrons. The summed E-state index contributed by atoms with van der Waals surface area (Å²) in [6, 6.07) is 3.74. The lowest BCUT2D eigenvalue weighted by molar-refractivity contribution is -0.144. The summed E-state index contributed by atoms with van der Waals surface area (Å²) in [6.45, 7) is 7.62. The van der Waals surface area contributed by atoms with Crippen molar-refractivity contribution in [1.82, 2.24) is 10.3 Å². The van der Waals surface area contributed by atoms with Gasteiger partial charge >= 0.3 is 5.97 Å². The number of thioether (sulfide) groups is 1. The van der Waals surface area contributed by atoms with Crippen LogP contribution in [-0.4, -0.2) is 32.9 Å². The van der Waals surface area contributed by atoms with Gasteiger partial charge in [-0.15, -0.1) is 11.8 Å². The third-order valence-corrected chi connectivity index (χ3v) is 4.07. The number of hydrogen-bond acceptors (Lipinski definition) is 4. The Labute approximate surface area is 129 Å². The number of halogens is 1. The maximum Gasteiger partial charge on any atom is 0.323 e. The van der Waals surface area contributed by atoms with Gasteiger partial charge < -0.3 is 5.11 Å². The lowest BCUT2D eigenvalue weighted by Gasteiger charge is -2.31. The van der Waals surface area contributed by atoms with Crippen LogP contribution < -0.4 is 5.32 Å². The molecule has 0 aromatic carbocycles. The minimum Gasteiger partial charge on any atom is -0.480 e. The Morgan fingerprint density at radius 2 is 2.15 bits per heavy atom. The normalized spacial score (nSPS) is 15.9. The van der Waals surface area contributed by atoms with Crippen molar-refractivity contribution in [1.29, 1.82) is 0 Å². The van der Waals surface area contributed by atoms with Crippen molar-refractivity contribution in [3.05, 3.63) is 23.4 Å². The first kappa shape index (κ1) is 17.3. The van der Waals surface area contributed by atoms with E-state index in [0.717, 1.165) is 5.03 Å². The van der Waals surface area contributed by atoms with Crippen LogP contribution in [0.4, 0.5) is 0 Å². The van der Waals surface area contributed by atoms with E-state index in [2.05, 4.69) is 10.3 Å². The Hall–Kier alpha value is -0.780. The van der Waals surface area contributed by atoms with Gasteiger partial charge in [-0.05, 0) is 39.3 Å². The van der Waals surface area contributed by atoms with E-state index in [-0.39, 0.29) is 11.3 Å². The van der Waals surface area contributed by atoms with E-state index in [0.29, 0.717) is 11.4 Å². The van der Waals surface area contributed by atoms with Gasteiger partial charge in [0.05, 0.1) is 10.0 Å². The number of hydrogen-bond donors (Lipinski definition) is 2. The summed E-state index contributed by atoms with van der Waals surface area (Å²) in [5.74, 6) is -0.831. The molecule has 4 nitrogen and oxygen atoms in total. The summed E-state index contributed by atoms with van der Waals surface area (Å²) in [5.41, 5.74) is -0.937. The first-order chi connectivity index (χ1) is 9.23. The molecule has 20 heavy (non-hydrogen) atoms. The first-order valence-electron chi connectivity index (χ1n) is 6.52. The molecule has 1 aromatic rings. The molecule has 0 aliphatic rings. The zero-order chi connectivity index (χ0) is 15.3. The van der Waals surface area contributed by atoms with Crippen molar-refractivity contribution in [3.8, 4) is 0 Å². The largest absolute Gasteiger partial charge is 0.480 e. The fourth-order valence-electron chi connectivity index (χ4n) is 2.10. The molecule has 0 saturated carbocycles. The molecule has 0 aliphatic heterocycles. The highest BCUT2D eigenvalue weighted by atomic mass is 35.5. The molecule has 0 bridgehead atoms. The van der Waals surface area contributed by atoms with Crippen LogP contribution in [0.1, 0.15) is 34.1 Å². The number of pyridine rings is 1. The molecule has 0 saturated heterocycles. The number of aromatic nitrogens is 1. The number of rotatable bonds is 7. The Bertz CT molecular complexity index is 453. The summed E-state index contributed by atoms with van der Waals surface area (Å²) >= 11 is 7.34. The van der Waals surface area contributed by atoms with Crippen LogP contribution in [0.25, 0.3) is 0 Å². The van der Waals surface area contributed by atoms with Crippen molar-refractivity contribution in [2.45, 2.75) is 56.0 Å². The predicted octanol–water partition coefficient (Wildman–Crippen LogP) is 3.45. The molecule has 0 spiro atoms. The van der Waals surface area contributed by atoms with E-state index < -0.39 is 11.5 Å². The number of nitrogens with one attached hydrogen (secondary N) is 1. The standard InChI is InChI=1S/C14H21ClN2O2S/c1-9(2)17-14(4,13(18)19)7-10(3)20-12-6-5-11(15)8-16-12/h5-6,8-10,17H,7H2,1-4H3,(H,18,19). The molecule has 0 radical (unpaired) electrons. The van der Waals surface area contributed by atoms with E-state index in [1.807, 2.05) is 26.8 Å². The zero-order valence-corrected chi connectivity index (χ0v) is 13.8. The van der Waals surface area contributed by atoms with E-state index in [4.69, 9.17) is 11.6 Å². The summed E-state index contributed by atoms with van der Waals surface area (Å²) in [5, 5.41) is 14.1. The Morgan fingerprint density at radius 3 is 2.60 bits per heavy atom. The molecule has 2 N–H and O–H groups in total. The average Bonchev–Trinajstić information content (AvgIpc) is 2.30. The number of carboxylic acids is 1. The van der Waals surface area contributed by atoms with E-state index >= 15 is 0 Å². The predicted molar refractivity (Wildman–Crippen MR) is 83.5 cm³/mol. The summed E-state index contributed by atoms with van der Waals surface area (Å²) in [4.78, 5) is 15.7. The van der Waals surface area contributed by atoms with Gasteiger partial charge in [0.25, 0.3) is 0 Å². The van der Waals surface area contributed by atoms with Crippen LogP contribution >= 0.6 is 23.4 Å². The van der Waals surface area contributed by atoms with Crippen molar-refractivity contribution >= 4 is 29.3 Å². The highest BCUT2D eigenvalue weighted by molar-refractivity contribution is 7.99. The molecule has 1 rings (SSSR count). The van der Waals surface area contributed by atoms with E-state index in [9.17, 15) is 9.90 Å². The number of carboxylic acid groups (broad SMARTS) is 1. The topological polar surface area (TPSA) is 62.2 Å². The van der Waals surface area contributed by atoms with Gasteiger partial charge in [-0.25, -0.2) is 4.98 Å². The molecule has 2 unspecified atom stereocenters. The van der Waals surface area contributed by atoms with Gasteiger partial charge in [0, 0.05) is 17.5 Å². The van der Waals surface area contributed by atoms with Crippen molar-refractivity contribution < 1.29 is 9.90 Å². The molecular formula is C14H21ClN2O2S. The molecular weight excluding hydrogens is 296 g/mol. The molecule has 6 heteroatoms. The molecule has 2 atom stereocenters. The summed E-state index contributed by atoms with van der Waals surface area (Å²) in [7, 11) is 0. The van der Waals surface area contributed by atoms with Crippen LogP contribution in [0, 0.1) is 0 Å². The molecule has 1 aromatic heterocycles. The minimum absolute atomic E-state index is 0.113. The molecule has 1 heterocycles.